The summed E-state index contributed by atoms with van der Waals surface area (Å²) in [7, 11) is 3.46. The number of methoxy groups -OCH3 is 1. The van der Waals surface area contributed by atoms with Gasteiger partial charge in [0, 0.05) is 26.9 Å². The average Bonchev–Trinajstić information content (AvgIpc) is 2.56. The summed E-state index contributed by atoms with van der Waals surface area (Å²) in [5.41, 5.74) is 2.00. The van der Waals surface area contributed by atoms with E-state index in [0.717, 1.165) is 17.8 Å². The molecular formula is C10H19N3O2. The molecule has 2 N–H and O–H groups in total. The van der Waals surface area contributed by atoms with Gasteiger partial charge < -0.3 is 15.2 Å². The molecule has 0 fully saturated rings. The van der Waals surface area contributed by atoms with E-state index < -0.39 is 6.10 Å². The van der Waals surface area contributed by atoms with Gasteiger partial charge in [0.05, 0.1) is 24.1 Å². The van der Waals surface area contributed by atoms with Gasteiger partial charge in [0.1, 0.15) is 0 Å². The molecule has 0 aliphatic carbocycles. The number of hydrogen-bond donors (Lipinski definition) is 2. The summed E-state index contributed by atoms with van der Waals surface area (Å²) in [4.78, 5) is 0. The van der Waals surface area contributed by atoms with E-state index in [1.165, 1.54) is 0 Å². The maximum absolute atomic E-state index is 9.47. The maximum Gasteiger partial charge on any atom is 0.0945 e. The first kappa shape index (κ1) is 12.0. The van der Waals surface area contributed by atoms with Crippen LogP contribution in [0.25, 0.3) is 0 Å². The van der Waals surface area contributed by atoms with E-state index in [9.17, 15) is 5.11 Å². The summed E-state index contributed by atoms with van der Waals surface area (Å²) in [6.07, 6.45) is 2.31. The quantitative estimate of drug-likeness (QED) is 0.718. The minimum Gasteiger partial charge on any atom is -0.389 e. The number of aromatic nitrogens is 2. The number of anilines is 1. The van der Waals surface area contributed by atoms with Gasteiger partial charge in [0.25, 0.3) is 0 Å². The third kappa shape index (κ3) is 3.53. The van der Waals surface area contributed by atoms with E-state index in [2.05, 4.69) is 17.3 Å². The van der Waals surface area contributed by atoms with Crippen LogP contribution < -0.4 is 5.32 Å². The highest BCUT2D eigenvalue weighted by molar-refractivity contribution is 5.46. The molecule has 1 aromatic rings. The van der Waals surface area contributed by atoms with Gasteiger partial charge in [-0.05, 0) is 6.42 Å². The Labute approximate surface area is 90.1 Å². The van der Waals surface area contributed by atoms with E-state index in [4.69, 9.17) is 4.74 Å². The summed E-state index contributed by atoms with van der Waals surface area (Å²) >= 11 is 0. The molecule has 1 atom stereocenters. The highest BCUT2D eigenvalue weighted by atomic mass is 16.5. The van der Waals surface area contributed by atoms with E-state index in [-0.39, 0.29) is 0 Å². The van der Waals surface area contributed by atoms with Crippen molar-refractivity contribution in [2.24, 2.45) is 7.05 Å². The largest absolute Gasteiger partial charge is 0.389 e. The van der Waals surface area contributed by atoms with Crippen molar-refractivity contribution in [3.63, 3.8) is 0 Å². The van der Waals surface area contributed by atoms with Crippen LogP contribution in [0.3, 0.4) is 0 Å². The molecular weight excluding hydrogens is 194 g/mol. The van der Waals surface area contributed by atoms with Gasteiger partial charge in [-0.1, -0.05) is 6.92 Å². The van der Waals surface area contributed by atoms with Crippen LogP contribution >= 0.6 is 0 Å². The third-order valence-corrected chi connectivity index (χ3v) is 2.13. The molecule has 0 bridgehead atoms. The molecule has 1 unspecified atom stereocenters. The van der Waals surface area contributed by atoms with Gasteiger partial charge in [-0.2, -0.15) is 5.10 Å². The SMILES string of the molecule is CCc1nn(C)cc1NCC(O)COC. The first-order chi connectivity index (χ1) is 7.17. The fraction of sp³-hybridized carbons (Fsp3) is 0.700. The lowest BCUT2D eigenvalue weighted by molar-refractivity contribution is 0.0727. The molecule has 0 aromatic carbocycles. The monoisotopic (exact) mass is 213 g/mol. The van der Waals surface area contributed by atoms with Crippen molar-refractivity contribution in [2.45, 2.75) is 19.4 Å². The molecule has 0 amide bonds. The van der Waals surface area contributed by atoms with Gasteiger partial charge >= 0.3 is 0 Å². The fourth-order valence-corrected chi connectivity index (χ4v) is 1.42. The lowest BCUT2D eigenvalue weighted by atomic mass is 10.3. The summed E-state index contributed by atoms with van der Waals surface area (Å²) in [6, 6.07) is 0. The van der Waals surface area contributed by atoms with Gasteiger partial charge in [0.15, 0.2) is 0 Å². The number of nitrogens with zero attached hydrogens (tertiary/aromatic N) is 2. The Hall–Kier alpha value is -1.07. The zero-order valence-corrected chi connectivity index (χ0v) is 9.53. The lowest BCUT2D eigenvalue weighted by Crippen LogP contribution is -2.24. The Kier molecular flexibility index (Phi) is 4.58. The summed E-state index contributed by atoms with van der Waals surface area (Å²) < 4.78 is 6.61. The van der Waals surface area contributed by atoms with Crippen LogP contribution in [0.5, 0.6) is 0 Å². The Morgan fingerprint density at radius 2 is 2.40 bits per heavy atom. The minimum absolute atomic E-state index is 0.342. The second kappa shape index (κ2) is 5.72. The van der Waals surface area contributed by atoms with Crippen LogP contribution in [0.4, 0.5) is 5.69 Å². The zero-order valence-electron chi connectivity index (χ0n) is 9.53. The van der Waals surface area contributed by atoms with Crippen LogP contribution in [-0.4, -0.2) is 41.3 Å². The molecule has 1 rings (SSSR count). The standard InChI is InChI=1S/C10H19N3O2/c1-4-9-10(6-13(2)12-9)11-5-8(14)7-15-3/h6,8,11,14H,4-5,7H2,1-3H3. The van der Waals surface area contributed by atoms with Gasteiger partial charge in [-0.15, -0.1) is 0 Å². The van der Waals surface area contributed by atoms with E-state index in [1.54, 1.807) is 11.8 Å². The van der Waals surface area contributed by atoms with E-state index in [1.807, 2.05) is 13.2 Å². The molecule has 0 radical (unpaired) electrons. The molecule has 5 nitrogen and oxygen atoms in total. The van der Waals surface area contributed by atoms with Crippen LogP contribution in [0.2, 0.25) is 0 Å². The second-order valence-electron chi connectivity index (χ2n) is 3.51. The predicted molar refractivity (Wildman–Crippen MR) is 59.0 cm³/mol. The Morgan fingerprint density at radius 3 is 3.00 bits per heavy atom. The Balaban J connectivity index is 2.49. The number of hydrogen-bond acceptors (Lipinski definition) is 4. The van der Waals surface area contributed by atoms with Crippen molar-refractivity contribution in [3.8, 4) is 0 Å². The molecule has 15 heavy (non-hydrogen) atoms. The van der Waals surface area contributed by atoms with Crippen LogP contribution in [0.15, 0.2) is 6.20 Å². The number of aryl methyl sites for hydroxylation is 2. The highest BCUT2D eigenvalue weighted by Crippen LogP contribution is 2.13. The number of ether oxygens (including phenoxy) is 1. The van der Waals surface area contributed by atoms with Crippen molar-refractivity contribution in [3.05, 3.63) is 11.9 Å². The smallest absolute Gasteiger partial charge is 0.0945 e. The Bertz CT molecular complexity index is 299. The van der Waals surface area contributed by atoms with Crippen molar-refractivity contribution < 1.29 is 9.84 Å². The Morgan fingerprint density at radius 1 is 1.67 bits per heavy atom. The van der Waals surface area contributed by atoms with Crippen molar-refractivity contribution >= 4 is 5.69 Å². The summed E-state index contributed by atoms with van der Waals surface area (Å²) in [5, 5.41) is 16.9. The first-order valence-corrected chi connectivity index (χ1v) is 5.10. The molecule has 0 saturated carbocycles. The topological polar surface area (TPSA) is 59.3 Å². The van der Waals surface area contributed by atoms with Crippen molar-refractivity contribution in [2.75, 3.05) is 25.6 Å². The molecule has 0 aliphatic rings. The maximum atomic E-state index is 9.47. The number of nitrogens with one attached hydrogen (secondary N) is 1. The summed E-state index contributed by atoms with van der Waals surface area (Å²) in [6.45, 7) is 2.88. The van der Waals surface area contributed by atoms with Crippen LogP contribution in [-0.2, 0) is 18.2 Å². The average molecular weight is 213 g/mol. The van der Waals surface area contributed by atoms with E-state index in [0.29, 0.717) is 13.2 Å². The molecule has 1 heterocycles. The first-order valence-electron chi connectivity index (χ1n) is 5.10. The van der Waals surface area contributed by atoms with Crippen molar-refractivity contribution in [1.29, 1.82) is 0 Å². The van der Waals surface area contributed by atoms with Crippen LogP contribution in [0.1, 0.15) is 12.6 Å². The van der Waals surface area contributed by atoms with Gasteiger partial charge in [-0.25, -0.2) is 0 Å². The predicted octanol–water partition coefficient (Wildman–Crippen LogP) is 0.402. The fourth-order valence-electron chi connectivity index (χ4n) is 1.42. The zero-order chi connectivity index (χ0) is 11.3. The lowest BCUT2D eigenvalue weighted by Gasteiger charge is -2.11. The van der Waals surface area contributed by atoms with E-state index >= 15 is 0 Å². The molecule has 0 spiro atoms. The highest BCUT2D eigenvalue weighted by Gasteiger charge is 2.07. The van der Waals surface area contributed by atoms with Crippen molar-refractivity contribution in [1.82, 2.24) is 9.78 Å². The van der Waals surface area contributed by atoms with Gasteiger partial charge in [0.2, 0.25) is 0 Å². The van der Waals surface area contributed by atoms with Crippen LogP contribution in [0, 0.1) is 0 Å². The molecule has 0 aliphatic heterocycles. The number of aliphatic hydroxyl groups excluding tert-OH is 1. The number of rotatable bonds is 6. The second-order valence-corrected chi connectivity index (χ2v) is 3.51. The summed E-state index contributed by atoms with van der Waals surface area (Å²) in [5.74, 6) is 0. The minimum atomic E-state index is -0.486. The van der Waals surface area contributed by atoms with Gasteiger partial charge in [-0.3, -0.25) is 4.68 Å². The third-order valence-electron chi connectivity index (χ3n) is 2.13. The molecule has 0 saturated heterocycles. The normalized spacial score (nSPS) is 12.8. The molecule has 86 valence electrons. The molecule has 1 aromatic heterocycles. The number of aliphatic hydroxyl groups is 1. The molecule has 5 heteroatoms.